The summed E-state index contributed by atoms with van der Waals surface area (Å²) in [5, 5.41) is 7.92. The van der Waals surface area contributed by atoms with Crippen LogP contribution in [0.1, 0.15) is 19.5 Å². The normalized spacial score (nSPS) is 11.3. The van der Waals surface area contributed by atoms with E-state index in [9.17, 15) is 34.0 Å². The summed E-state index contributed by atoms with van der Waals surface area (Å²) in [7, 11) is -13.0. The first kappa shape index (κ1) is 61.3. The molecule has 0 spiro atoms. The standard InChI is InChI=1S/C20H19FP.C18H15P.C16H18O4S2.C9H11FO2S.FH.2H2/c21-16-17-22(18-10-4-1-5-11-18,19-12-6-2-7-13-19)20-14-8-3-9-15-20;1-4-10-16(11-5-1)19(17-12-6-2-7-13-17)18-14-8-3-9-15-18;1-13-3-7-15(8-4-13)21(17,18)11-12-22(19,20)16-9-5-14(2)6-10-16;1-8-2-4-9(5-3-8)13(11,12)7-6-10;;;/h1-15H,16-17H2;1-15H;3-10H,11-12H2,1-2H3;2-5H,6-7H2,1H3;3*1H/q+1;;;;;;/p-1/i21-1;;;10-1;1-1;2*1+1. The average Bonchev–Trinajstić information content (AvgIpc) is 3.47. The molecule has 14 heteroatoms. The first-order valence-corrected chi connectivity index (χ1v) is 32.9. The Balaban J connectivity index is 0.000000278. The third-order valence-corrected chi connectivity index (χ3v) is 24.4. The van der Waals surface area contributed by atoms with Crippen molar-refractivity contribution in [1.29, 1.82) is 0 Å². The highest BCUT2D eigenvalue weighted by Crippen LogP contribution is 2.55. The van der Waals surface area contributed by atoms with Crippen LogP contribution < -0.4 is 36.5 Å². The van der Waals surface area contributed by atoms with Gasteiger partial charge >= 0.3 is 0 Å². The second-order valence-electron chi connectivity index (χ2n) is 17.7. The molecule has 404 valence electrons. The van der Waals surface area contributed by atoms with Gasteiger partial charge in [-0.15, -0.1) is 0 Å². The van der Waals surface area contributed by atoms with E-state index in [4.69, 9.17) is 0 Å². The lowest BCUT2D eigenvalue weighted by atomic mass is 10.2. The summed E-state index contributed by atoms with van der Waals surface area (Å²) >= 11 is 0. The number of hydrogen-bond acceptors (Lipinski definition) is 6. The van der Waals surface area contributed by atoms with E-state index < -0.39 is 68.6 Å². The van der Waals surface area contributed by atoms with Crippen molar-refractivity contribution < 1.29 is 41.6 Å². The minimum absolute atomic E-state index is 0. The minimum atomic E-state index is -3.61. The fraction of sp³-hybridized carbons (Fsp3) is 0.143. The Morgan fingerprint density at radius 3 is 0.805 bits per heavy atom. The fourth-order valence-corrected chi connectivity index (χ4v) is 18.7. The molecular weight excluding hydrogens is 1060 g/mol. The van der Waals surface area contributed by atoms with Crippen molar-refractivity contribution >= 4 is 76.5 Å². The number of benzene rings is 9. The molecule has 0 aromatic heterocycles. The summed E-state index contributed by atoms with van der Waals surface area (Å²) < 4.78 is 96.9. The summed E-state index contributed by atoms with van der Waals surface area (Å²) in [6, 6.07) is 82.7. The average molecular weight is 1130 g/mol. The number of aryl methyl sites for hydroxylation is 3. The molecule has 0 amide bonds. The zero-order valence-corrected chi connectivity index (χ0v) is 47.4. The summed E-state index contributed by atoms with van der Waals surface area (Å²) in [5.41, 5.74) is 2.89. The third-order valence-electron chi connectivity index (χ3n) is 12.2. The first-order valence-electron chi connectivity index (χ1n) is 24.6. The second kappa shape index (κ2) is 29.8. The van der Waals surface area contributed by atoms with Gasteiger partial charge in [0, 0.05) is 2.85 Å². The predicted octanol–water partition coefficient (Wildman–Crippen LogP) is 9.18. The Morgan fingerprint density at radius 1 is 0.338 bits per heavy atom. The number of alkyl halides is 2. The highest BCUT2D eigenvalue weighted by Gasteiger charge is 2.44. The summed E-state index contributed by atoms with van der Waals surface area (Å²) in [6.07, 6.45) is 0.547. The Labute approximate surface area is 459 Å². The molecule has 0 radical (unpaired) electrons. The van der Waals surface area contributed by atoms with E-state index in [1.165, 1.54) is 68.2 Å². The van der Waals surface area contributed by atoms with E-state index in [2.05, 4.69) is 127 Å². The third kappa shape index (κ3) is 17.5. The number of rotatable bonds is 16. The molecule has 9 aromatic carbocycles. The molecule has 0 saturated carbocycles. The SMILES string of the molecule is Cc1ccc(S(=O)(=O)CCS(=O)(=O)c2ccc(C)cc2)cc1.Cc1ccc(S(=O)(=O)CC[18F])cc1.[18F-].[18F]CC[P+](c1ccccc1)(c1ccccc1)c1ccccc1.[2HH].[2HH].c1ccc(P(c2ccccc2)c2ccccc2)cc1. The van der Waals surface area contributed by atoms with Gasteiger partial charge in [0.1, 0.15) is 42.7 Å². The molecule has 6 nitrogen and oxygen atoms in total. The summed E-state index contributed by atoms with van der Waals surface area (Å²) in [6.45, 7) is 4.44. The Kier molecular flexibility index (Phi) is 23.8. The van der Waals surface area contributed by atoms with Crippen LogP contribution >= 0.6 is 15.2 Å². The van der Waals surface area contributed by atoms with Crippen molar-refractivity contribution in [3.8, 4) is 0 Å². The lowest BCUT2D eigenvalue weighted by molar-refractivity contribution is -0.0000232. The van der Waals surface area contributed by atoms with Crippen molar-refractivity contribution in [1.82, 2.24) is 0 Å². The highest BCUT2D eigenvalue weighted by molar-refractivity contribution is 7.96. The van der Waals surface area contributed by atoms with Gasteiger partial charge in [-0.25, -0.2) is 34.0 Å². The van der Waals surface area contributed by atoms with Crippen LogP contribution in [0.2, 0.25) is 0 Å². The van der Waals surface area contributed by atoms with E-state index in [-0.39, 0.29) is 28.9 Å². The van der Waals surface area contributed by atoms with Gasteiger partial charge in [-0.1, -0.05) is 199 Å². The van der Waals surface area contributed by atoms with Gasteiger partial charge in [0.05, 0.1) is 31.9 Å². The monoisotopic (exact) mass is 1130 g/mol. The molecule has 0 aliphatic carbocycles. The van der Waals surface area contributed by atoms with Crippen molar-refractivity contribution in [2.24, 2.45) is 0 Å². The van der Waals surface area contributed by atoms with E-state index in [1.54, 1.807) is 36.4 Å². The molecule has 0 atom stereocenters. The molecule has 0 aliphatic heterocycles. The molecule has 0 fully saturated rings. The molecule has 0 bridgehead atoms. The van der Waals surface area contributed by atoms with Gasteiger partial charge in [-0.05, 0) is 117 Å². The molecular formula is C63H67F3O6P2S3. The van der Waals surface area contributed by atoms with Crippen LogP contribution in [-0.2, 0) is 29.5 Å². The maximum Gasteiger partial charge on any atom is 0.180 e. The van der Waals surface area contributed by atoms with Crippen LogP contribution in [0.15, 0.2) is 269 Å². The summed E-state index contributed by atoms with van der Waals surface area (Å²) in [5.74, 6) is -1.28. The first-order chi connectivity index (χ1) is 36.6. The Hall–Kier alpha value is -6.52. The molecule has 0 N–H and O–H groups in total. The zero-order chi connectivity index (χ0) is 54.4. The Morgan fingerprint density at radius 2 is 0.571 bits per heavy atom. The van der Waals surface area contributed by atoms with Gasteiger partial charge in [0.25, 0.3) is 0 Å². The molecule has 0 unspecified atom stereocenters. The predicted molar refractivity (Wildman–Crippen MR) is 321 cm³/mol. The minimum Gasteiger partial charge on any atom is -1.00 e. The van der Waals surface area contributed by atoms with Crippen molar-refractivity contribution in [3.63, 3.8) is 0 Å². The molecule has 0 saturated heterocycles. The van der Waals surface area contributed by atoms with Gasteiger partial charge in [0.2, 0.25) is 0 Å². The smallest absolute Gasteiger partial charge is 0.180 e. The van der Waals surface area contributed by atoms with E-state index >= 15 is 0 Å². The maximum absolute atomic E-state index is 13.6. The highest BCUT2D eigenvalue weighted by atomic mass is 32.2. The van der Waals surface area contributed by atoms with Crippen LogP contribution in [-0.4, -0.2) is 62.0 Å². The number of hydrogen-bond donors (Lipinski definition) is 0. The van der Waals surface area contributed by atoms with Crippen LogP contribution in [0.4, 0.5) is 8.78 Å². The number of halogens is 3. The van der Waals surface area contributed by atoms with Gasteiger partial charge in [0.15, 0.2) is 29.5 Å². The molecule has 9 aromatic rings. The van der Waals surface area contributed by atoms with Crippen LogP contribution in [0.5, 0.6) is 0 Å². The number of sulfone groups is 3. The lowest BCUT2D eigenvalue weighted by Gasteiger charge is -2.26. The molecule has 9 rings (SSSR count). The van der Waals surface area contributed by atoms with E-state index in [0.717, 1.165) is 16.7 Å². The molecule has 0 aliphatic rings. The van der Waals surface area contributed by atoms with E-state index in [0.29, 0.717) is 6.16 Å². The van der Waals surface area contributed by atoms with Gasteiger partial charge < -0.3 is 4.70 Å². The second-order valence-corrected chi connectivity index (χ2v) is 29.8. The van der Waals surface area contributed by atoms with Crippen LogP contribution in [0.3, 0.4) is 0 Å². The van der Waals surface area contributed by atoms with Crippen molar-refractivity contribution in [2.75, 3.05) is 36.8 Å². The van der Waals surface area contributed by atoms with Crippen molar-refractivity contribution in [3.05, 3.63) is 271 Å². The quantitative estimate of drug-likeness (QED) is 0.0896. The van der Waals surface area contributed by atoms with Gasteiger partial charge in [-0.3, -0.25) is 0 Å². The lowest BCUT2D eigenvalue weighted by Crippen LogP contribution is -3.00. The van der Waals surface area contributed by atoms with Crippen LogP contribution in [0.25, 0.3) is 0 Å². The molecule has 0 heterocycles. The van der Waals surface area contributed by atoms with Crippen molar-refractivity contribution in [2.45, 2.75) is 35.5 Å². The maximum atomic E-state index is 13.6. The fourth-order valence-electron chi connectivity index (χ4n) is 8.10. The zero-order valence-electron chi connectivity index (χ0n) is 43.2. The topological polar surface area (TPSA) is 102 Å². The summed E-state index contributed by atoms with van der Waals surface area (Å²) in [4.78, 5) is 0.491. The van der Waals surface area contributed by atoms with Gasteiger partial charge in [-0.2, -0.15) is 0 Å². The molecule has 77 heavy (non-hydrogen) atoms. The van der Waals surface area contributed by atoms with E-state index in [1.807, 2.05) is 75.4 Å². The Bertz CT molecular complexity index is 3230. The van der Waals surface area contributed by atoms with Crippen LogP contribution in [0, 0.1) is 20.8 Å². The largest absolute Gasteiger partial charge is 1.00 e.